The van der Waals surface area contributed by atoms with E-state index in [1.165, 1.54) is 0 Å². The molecule has 0 aliphatic heterocycles. The van der Waals surface area contributed by atoms with E-state index < -0.39 is 0 Å². The molecular weight excluding hydrogens is 1060 g/mol. The van der Waals surface area contributed by atoms with Crippen molar-refractivity contribution in [1.82, 2.24) is 0 Å². The average Bonchev–Trinajstić information content (AvgIpc) is 0.864. The Balaban J connectivity index is 1.10. The van der Waals surface area contributed by atoms with Crippen LogP contribution in [0.1, 0.15) is 23.6 Å². The Hall–Kier alpha value is -12.0. The summed E-state index contributed by atoms with van der Waals surface area (Å²) >= 11 is 0. The zero-order chi connectivity index (χ0) is 59.3. The van der Waals surface area contributed by atoms with Gasteiger partial charge in [-0.3, -0.25) is 0 Å². The van der Waals surface area contributed by atoms with E-state index in [-0.39, 0.29) is 0 Å². The molecule has 0 N–H and O–H groups in total. The molecule has 12 aromatic carbocycles. The molecule has 0 aliphatic rings. The Bertz CT molecular complexity index is 4270. The second-order valence-electron chi connectivity index (χ2n) is 20.7. The summed E-state index contributed by atoms with van der Waals surface area (Å²) in [4.78, 5) is 8.85. The number of nitrogens with zero attached hydrogens (tertiary/aromatic N) is 6. The molecule has 0 aromatic heterocycles. The van der Waals surface area contributed by atoms with E-state index in [1.807, 2.05) is 165 Å². The van der Waals surface area contributed by atoms with E-state index in [9.17, 15) is 10.5 Å². The second-order valence-corrected chi connectivity index (χ2v) is 20.7. The quantitative estimate of drug-likeness (QED) is 0.0798. The lowest BCUT2D eigenvalue weighted by atomic mass is 9.78. The van der Waals surface area contributed by atoms with Crippen LogP contribution in [0.15, 0.2) is 346 Å². The van der Waals surface area contributed by atoms with Gasteiger partial charge in [-0.2, -0.15) is 10.5 Å². The van der Waals surface area contributed by atoms with Crippen LogP contribution in [0.4, 0.5) is 62.6 Å². The van der Waals surface area contributed by atoms with Gasteiger partial charge in [0.2, 0.25) is 0 Å². The fraction of sp³-hybridized carbons (Fsp3) is 0.0123. The highest BCUT2D eigenvalue weighted by Crippen LogP contribution is 2.49. The first-order valence-corrected chi connectivity index (χ1v) is 29.0. The molecule has 0 amide bonds. The molecule has 0 radical (unpaired) electrons. The first-order chi connectivity index (χ1) is 43.0. The number of rotatable bonds is 18. The molecule has 87 heavy (non-hydrogen) atoms. The molecule has 0 spiro atoms. The fourth-order valence-electron chi connectivity index (χ4n) is 11.5. The van der Waals surface area contributed by atoms with Crippen LogP contribution in [-0.4, -0.2) is 0 Å². The van der Waals surface area contributed by atoms with Gasteiger partial charge in [0.25, 0.3) is 0 Å². The van der Waals surface area contributed by atoms with Crippen LogP contribution >= 0.6 is 0 Å². The Morgan fingerprint density at radius 3 is 0.805 bits per heavy atom. The van der Waals surface area contributed by atoms with Crippen molar-refractivity contribution >= 4 is 68.1 Å². The Labute approximate surface area is 510 Å². The molecule has 0 aliphatic carbocycles. The molecule has 6 heteroatoms. The van der Waals surface area contributed by atoms with Gasteiger partial charge in [-0.25, -0.2) is 0 Å². The van der Waals surface area contributed by atoms with Crippen molar-refractivity contribution in [3.05, 3.63) is 363 Å². The molecule has 0 saturated heterocycles. The molecule has 0 atom stereocenters. The topological polar surface area (TPSA) is 60.5 Å². The number of hydrogen-bond acceptors (Lipinski definition) is 6. The van der Waals surface area contributed by atoms with Crippen LogP contribution in [0, 0.1) is 22.7 Å². The predicted molar refractivity (Wildman–Crippen MR) is 363 cm³/mol. The minimum atomic E-state index is 0.382. The zero-order valence-corrected chi connectivity index (χ0v) is 48.1. The van der Waals surface area contributed by atoms with Gasteiger partial charge in [-0.15, -0.1) is 0 Å². The molecule has 0 bridgehead atoms. The third-order valence-corrected chi connectivity index (χ3v) is 15.4. The molecule has 0 saturated carbocycles. The van der Waals surface area contributed by atoms with Crippen molar-refractivity contribution < 1.29 is 0 Å². The third-order valence-electron chi connectivity index (χ3n) is 15.4. The van der Waals surface area contributed by atoms with Crippen molar-refractivity contribution in [3.63, 3.8) is 0 Å². The average molecular weight is 1120 g/mol. The second kappa shape index (κ2) is 26.1. The van der Waals surface area contributed by atoms with Gasteiger partial charge in [-0.05, 0) is 169 Å². The minimum Gasteiger partial charge on any atom is -0.311 e. The maximum absolute atomic E-state index is 12.2. The number of hydrogen-bond donors (Lipinski definition) is 0. The number of benzene rings is 12. The van der Waals surface area contributed by atoms with E-state index in [0.717, 1.165) is 84.9 Å². The minimum absolute atomic E-state index is 0.382. The van der Waals surface area contributed by atoms with E-state index in [4.69, 9.17) is 6.58 Å². The molecule has 414 valence electrons. The van der Waals surface area contributed by atoms with Crippen LogP contribution in [-0.2, 0) is 0 Å². The van der Waals surface area contributed by atoms with Gasteiger partial charge >= 0.3 is 0 Å². The predicted octanol–water partition coefficient (Wildman–Crippen LogP) is 22.2. The van der Waals surface area contributed by atoms with Crippen molar-refractivity contribution in [3.8, 4) is 45.5 Å². The summed E-state index contributed by atoms with van der Waals surface area (Å²) in [6, 6.07) is 113. The van der Waals surface area contributed by atoms with Crippen LogP contribution in [0.3, 0.4) is 0 Å². The third kappa shape index (κ3) is 11.7. The van der Waals surface area contributed by atoms with Gasteiger partial charge in [0.15, 0.2) is 0 Å². The molecule has 0 heterocycles. The van der Waals surface area contributed by atoms with Crippen molar-refractivity contribution in [2.45, 2.75) is 6.92 Å². The Morgan fingerprint density at radius 2 is 0.540 bits per heavy atom. The standard InChI is InChI=1S/C81H60N6/c1-3-64(84(65-28-12-4-13-29-65)66-30-14-5-15-31-66)51-44-60(2)78-76(58-82)80(62-47-54-74(55-48-62)86(69-36-20-8-21-37-69)70-38-22-9-23-39-70)81(63-49-56-75(57-50-63)87(71-40-24-10-25-41-71)72-42-26-11-27-43-72)77(59-83)79(78)61-45-52-73(53-46-61)85(67-32-16-6-17-33-67)68-34-18-7-19-35-68/h3-57H,2H2,1H3/b51-44-,64-3+. The molecule has 12 rings (SSSR count). The lowest BCUT2D eigenvalue weighted by molar-refractivity contribution is 1.20. The van der Waals surface area contributed by atoms with Crippen molar-refractivity contribution in [2.75, 3.05) is 19.6 Å². The largest absolute Gasteiger partial charge is 0.311 e. The summed E-state index contributed by atoms with van der Waals surface area (Å²) in [7, 11) is 0. The highest BCUT2D eigenvalue weighted by molar-refractivity contribution is 6.04. The highest BCUT2D eigenvalue weighted by atomic mass is 15.2. The molecule has 0 unspecified atom stereocenters. The lowest BCUT2D eigenvalue weighted by Gasteiger charge is -2.28. The van der Waals surface area contributed by atoms with Crippen LogP contribution in [0.2, 0.25) is 0 Å². The first kappa shape index (κ1) is 55.6. The summed E-state index contributed by atoms with van der Waals surface area (Å²) in [5.74, 6) is 0. The van der Waals surface area contributed by atoms with Crippen LogP contribution in [0.5, 0.6) is 0 Å². The Morgan fingerprint density at radius 1 is 0.299 bits per heavy atom. The lowest BCUT2D eigenvalue weighted by Crippen LogP contribution is -2.14. The van der Waals surface area contributed by atoms with E-state index in [1.54, 1.807) is 0 Å². The van der Waals surface area contributed by atoms with Gasteiger partial charge in [0.05, 0.1) is 11.1 Å². The Kier molecular flexibility index (Phi) is 16.7. The van der Waals surface area contributed by atoms with Crippen molar-refractivity contribution in [1.29, 1.82) is 10.5 Å². The summed E-state index contributed by atoms with van der Waals surface area (Å²) in [5, 5.41) is 24.3. The SMILES string of the molecule is C=C(/C=C\C(=C/C)N(c1ccccc1)c1ccccc1)c1c(C#N)c(-c2ccc(N(c3ccccc3)c3ccccc3)cc2)c(-c2ccc(N(c3ccccc3)c3ccccc3)cc2)c(C#N)c1-c1ccc(N(c2ccccc2)c2ccccc2)cc1. The van der Waals surface area contributed by atoms with E-state index in [2.05, 4.69) is 208 Å². The fourth-order valence-corrected chi connectivity index (χ4v) is 11.5. The summed E-state index contributed by atoms with van der Waals surface area (Å²) in [6.07, 6.45) is 6.11. The van der Waals surface area contributed by atoms with Gasteiger partial charge in [0, 0.05) is 90.5 Å². The molecule has 12 aromatic rings. The summed E-state index contributed by atoms with van der Waals surface area (Å²) in [5.41, 5.74) is 17.6. The molecule has 6 nitrogen and oxygen atoms in total. The summed E-state index contributed by atoms with van der Waals surface area (Å²) in [6.45, 7) is 6.87. The van der Waals surface area contributed by atoms with Gasteiger partial charge in [0.1, 0.15) is 12.1 Å². The normalized spacial score (nSPS) is 11.1. The zero-order valence-electron chi connectivity index (χ0n) is 48.1. The van der Waals surface area contributed by atoms with Crippen LogP contribution in [0.25, 0.3) is 39.0 Å². The maximum atomic E-state index is 12.2. The maximum Gasteiger partial charge on any atom is 0.100 e. The van der Waals surface area contributed by atoms with Crippen LogP contribution < -0.4 is 19.6 Å². The molecule has 0 fully saturated rings. The van der Waals surface area contributed by atoms with Crippen molar-refractivity contribution in [2.24, 2.45) is 0 Å². The number of para-hydroxylation sites is 8. The number of anilines is 11. The monoisotopic (exact) mass is 1120 g/mol. The van der Waals surface area contributed by atoms with E-state index in [0.29, 0.717) is 39.0 Å². The summed E-state index contributed by atoms with van der Waals surface area (Å²) < 4.78 is 0. The highest BCUT2D eigenvalue weighted by Gasteiger charge is 2.29. The van der Waals surface area contributed by atoms with Gasteiger partial charge < -0.3 is 19.6 Å². The van der Waals surface area contributed by atoms with Gasteiger partial charge in [-0.1, -0.05) is 201 Å². The molecular formula is C81H60N6. The first-order valence-electron chi connectivity index (χ1n) is 29.0. The number of nitriles is 2. The smallest absolute Gasteiger partial charge is 0.100 e. The number of allylic oxidation sites excluding steroid dienone is 4. The van der Waals surface area contributed by atoms with E-state index >= 15 is 0 Å².